The van der Waals surface area contributed by atoms with Crippen LogP contribution in [-0.4, -0.2) is 105 Å². The summed E-state index contributed by atoms with van der Waals surface area (Å²) in [6, 6.07) is -3.57. The summed E-state index contributed by atoms with van der Waals surface area (Å²) in [6.07, 6.45) is 15.0. The Balaban J connectivity index is 1.92. The molecule has 2 aliphatic carbocycles. The van der Waals surface area contributed by atoms with E-state index in [-0.39, 0.29) is 60.3 Å². The van der Waals surface area contributed by atoms with E-state index in [4.69, 9.17) is 6.42 Å². The van der Waals surface area contributed by atoms with Gasteiger partial charge in [0.1, 0.15) is 12.1 Å². The van der Waals surface area contributed by atoms with Crippen molar-refractivity contribution in [1.29, 1.82) is 0 Å². The molecule has 1 unspecified atom stereocenters. The van der Waals surface area contributed by atoms with Crippen molar-refractivity contribution in [3.63, 3.8) is 0 Å². The van der Waals surface area contributed by atoms with Gasteiger partial charge in [0.2, 0.25) is 21.8 Å². The molecular weight excluding hydrogens is 657 g/mol. The maximum Gasteiger partial charge on any atom is 0.315 e. The van der Waals surface area contributed by atoms with E-state index in [1.807, 2.05) is 20.8 Å². The fraction of sp³-hybridized carbons (Fsp3) is 0.784. The molecular formula is C37H62N6O6S. The number of likely N-dealkylation sites (N-methyl/N-ethyl adjacent to an activating group) is 1. The molecule has 6 atom stereocenters. The standard InChI is InChI=1S/C37H62N6O6S/c1-10-12-18-28(29(44)22-38-21-11-2)39-33(45)32-26-19-20-37(6,7)27(26)23-43(32)34(46)31(25-16-14-13-15-17-25)41-35(47)40-30(36(3,4)5)24-42(8)50(9,48)49/h1,11,25-28,30-32,38H,2,12-24H2,3-9H3,(H,39,45)(H2,40,41,47)/t26-,27-,28?,30+,31-,32-/m0/s1. The zero-order valence-electron chi connectivity index (χ0n) is 31.3. The Morgan fingerprint density at radius 1 is 1.08 bits per heavy atom. The van der Waals surface area contributed by atoms with Crippen LogP contribution in [0.2, 0.25) is 0 Å². The van der Waals surface area contributed by atoms with Gasteiger partial charge in [0.15, 0.2) is 5.78 Å². The number of fused-ring (bicyclic) bond motifs is 1. The first-order valence-corrected chi connectivity index (χ1v) is 20.0. The normalized spacial score (nSPS) is 24.1. The van der Waals surface area contributed by atoms with Crippen molar-refractivity contribution < 1.29 is 27.6 Å². The molecule has 0 spiro atoms. The number of urea groups is 1. The van der Waals surface area contributed by atoms with Crippen LogP contribution in [0.3, 0.4) is 0 Å². The maximum absolute atomic E-state index is 14.8. The Morgan fingerprint density at radius 3 is 2.32 bits per heavy atom. The highest BCUT2D eigenvalue weighted by atomic mass is 32.2. The number of likely N-dealkylation sites (tertiary alicyclic amines) is 1. The first-order chi connectivity index (χ1) is 23.3. The lowest BCUT2D eigenvalue weighted by Crippen LogP contribution is -2.61. The third-order valence-electron chi connectivity index (χ3n) is 11.2. The second-order valence-electron chi connectivity index (χ2n) is 16.4. The number of nitrogens with one attached hydrogen (secondary N) is 4. The minimum atomic E-state index is -3.49. The molecule has 4 N–H and O–H groups in total. The number of amides is 4. The Morgan fingerprint density at radius 2 is 1.74 bits per heavy atom. The van der Waals surface area contributed by atoms with Gasteiger partial charge in [-0.15, -0.1) is 18.9 Å². The van der Waals surface area contributed by atoms with Crippen LogP contribution in [0.25, 0.3) is 0 Å². The Bertz CT molecular complexity index is 1380. The van der Waals surface area contributed by atoms with Crippen molar-refractivity contribution in [3.05, 3.63) is 12.7 Å². The van der Waals surface area contributed by atoms with Gasteiger partial charge in [-0.3, -0.25) is 14.4 Å². The van der Waals surface area contributed by atoms with Gasteiger partial charge in [-0.25, -0.2) is 17.5 Å². The number of terminal acetylenes is 1. The lowest BCUT2D eigenvalue weighted by atomic mass is 9.79. The first kappa shape index (κ1) is 41.5. The van der Waals surface area contributed by atoms with Crippen molar-refractivity contribution >= 4 is 33.7 Å². The zero-order chi connectivity index (χ0) is 37.4. The Kier molecular flexibility index (Phi) is 14.5. The van der Waals surface area contributed by atoms with Crippen LogP contribution in [0.4, 0.5) is 4.79 Å². The van der Waals surface area contributed by atoms with Crippen molar-refractivity contribution in [2.24, 2.45) is 28.6 Å². The molecule has 0 aromatic rings. The van der Waals surface area contributed by atoms with Gasteiger partial charge in [0.05, 0.1) is 18.8 Å². The lowest BCUT2D eigenvalue weighted by Gasteiger charge is -2.37. The van der Waals surface area contributed by atoms with Crippen molar-refractivity contribution in [2.45, 2.75) is 117 Å². The fourth-order valence-corrected chi connectivity index (χ4v) is 8.32. The van der Waals surface area contributed by atoms with Crippen molar-refractivity contribution in [3.8, 4) is 12.3 Å². The summed E-state index contributed by atoms with van der Waals surface area (Å²) >= 11 is 0. The second kappa shape index (κ2) is 17.5. The molecule has 12 nitrogen and oxygen atoms in total. The van der Waals surface area contributed by atoms with E-state index in [9.17, 15) is 27.6 Å². The first-order valence-electron chi connectivity index (χ1n) is 18.2. The lowest BCUT2D eigenvalue weighted by molar-refractivity contribution is -0.142. The van der Waals surface area contributed by atoms with E-state index in [1.54, 1.807) is 11.0 Å². The number of nitrogens with zero attached hydrogens (tertiary/aromatic N) is 2. The number of hydrogen-bond donors (Lipinski definition) is 4. The molecule has 13 heteroatoms. The topological polar surface area (TPSA) is 157 Å². The summed E-state index contributed by atoms with van der Waals surface area (Å²) in [5.74, 6) is 1.58. The monoisotopic (exact) mass is 718 g/mol. The van der Waals surface area contributed by atoms with Crippen LogP contribution in [0.5, 0.6) is 0 Å². The number of carbonyl (C=O) groups is 4. The summed E-state index contributed by atoms with van der Waals surface area (Å²) in [5, 5.41) is 12.0. The quantitative estimate of drug-likeness (QED) is 0.109. The van der Waals surface area contributed by atoms with Crippen molar-refractivity contribution in [1.82, 2.24) is 30.5 Å². The third-order valence-corrected chi connectivity index (χ3v) is 12.5. The van der Waals surface area contributed by atoms with Crippen LogP contribution in [0.1, 0.15) is 92.4 Å². The number of carbonyl (C=O) groups excluding carboxylic acids is 4. The summed E-state index contributed by atoms with van der Waals surface area (Å²) in [5.41, 5.74) is -0.585. The summed E-state index contributed by atoms with van der Waals surface area (Å²) in [7, 11) is -2.02. The van der Waals surface area contributed by atoms with Crippen molar-refractivity contribution in [2.75, 3.05) is 39.5 Å². The second-order valence-corrected chi connectivity index (χ2v) is 18.5. The van der Waals surface area contributed by atoms with Crippen LogP contribution in [-0.2, 0) is 24.4 Å². The van der Waals surface area contributed by atoms with Crippen LogP contribution in [0.15, 0.2) is 12.7 Å². The summed E-state index contributed by atoms with van der Waals surface area (Å²) < 4.78 is 25.6. The Labute approximate surface area is 300 Å². The molecule has 1 saturated heterocycles. The van der Waals surface area contributed by atoms with Gasteiger partial charge in [-0.05, 0) is 60.7 Å². The van der Waals surface area contributed by atoms with E-state index in [0.29, 0.717) is 19.5 Å². The van der Waals surface area contributed by atoms with E-state index in [0.717, 1.165) is 51.2 Å². The van der Waals surface area contributed by atoms with E-state index in [2.05, 4.69) is 47.6 Å². The van der Waals surface area contributed by atoms with Crippen LogP contribution >= 0.6 is 0 Å². The van der Waals surface area contributed by atoms with E-state index >= 15 is 0 Å². The van der Waals surface area contributed by atoms with Crippen LogP contribution in [0, 0.1) is 40.9 Å². The van der Waals surface area contributed by atoms with Crippen LogP contribution < -0.4 is 21.3 Å². The molecule has 2 saturated carbocycles. The molecule has 4 amide bonds. The molecule has 3 aliphatic rings. The predicted molar refractivity (Wildman–Crippen MR) is 196 cm³/mol. The summed E-state index contributed by atoms with van der Waals surface area (Å²) in [4.78, 5) is 57.7. The number of ketones is 1. The maximum atomic E-state index is 14.8. The predicted octanol–water partition coefficient (Wildman–Crippen LogP) is 3.05. The van der Waals surface area contributed by atoms with Gasteiger partial charge in [0, 0.05) is 39.1 Å². The molecule has 282 valence electrons. The fourth-order valence-electron chi connectivity index (χ4n) is 7.90. The molecule has 0 radical (unpaired) electrons. The zero-order valence-corrected chi connectivity index (χ0v) is 32.2. The number of sulfonamides is 1. The Hall–Kier alpha value is -2.95. The number of rotatable bonds is 16. The average molecular weight is 719 g/mol. The third kappa shape index (κ3) is 10.8. The van der Waals surface area contributed by atoms with E-state index < -0.39 is 45.6 Å². The minimum absolute atomic E-state index is 0.0479. The number of Topliss-reactive ketones (excluding diaryl/α,β-unsaturated/α-hetero) is 1. The van der Waals surface area contributed by atoms with Gasteiger partial charge >= 0.3 is 6.03 Å². The SMILES string of the molecule is C#CCCC(NC(=O)[C@@H]1[C@H]2CCC(C)(C)[C@H]2CN1C(=O)[C@@H](NC(=O)N[C@H](CN(C)S(C)(=O)=O)C(C)(C)C)C1CCCCC1)C(=O)CNCC=C. The minimum Gasteiger partial charge on any atom is -0.344 e. The molecule has 0 aromatic carbocycles. The number of hydrogen-bond acceptors (Lipinski definition) is 7. The molecule has 50 heavy (non-hydrogen) atoms. The molecule has 0 bridgehead atoms. The molecule has 0 aromatic heterocycles. The highest BCUT2D eigenvalue weighted by Gasteiger charge is 2.57. The van der Waals surface area contributed by atoms with E-state index in [1.165, 1.54) is 11.4 Å². The highest BCUT2D eigenvalue weighted by Crippen LogP contribution is 2.53. The average Bonchev–Trinajstić information content (AvgIpc) is 3.57. The largest absolute Gasteiger partial charge is 0.344 e. The highest BCUT2D eigenvalue weighted by molar-refractivity contribution is 7.88. The van der Waals surface area contributed by atoms with Gasteiger partial charge in [-0.1, -0.05) is 60.0 Å². The van der Waals surface area contributed by atoms with Gasteiger partial charge in [0.25, 0.3) is 0 Å². The molecule has 3 rings (SSSR count). The van der Waals surface area contributed by atoms with Gasteiger partial charge < -0.3 is 26.2 Å². The summed E-state index contributed by atoms with van der Waals surface area (Å²) in [6.45, 7) is 14.7. The molecule has 1 aliphatic heterocycles. The van der Waals surface area contributed by atoms with Gasteiger partial charge in [-0.2, -0.15) is 0 Å². The molecule has 1 heterocycles. The smallest absolute Gasteiger partial charge is 0.315 e. The molecule has 3 fully saturated rings.